The molecule has 0 aromatic rings. The Kier molecular flexibility index (Phi) is 6.66. The second kappa shape index (κ2) is 7.26. The van der Waals surface area contributed by atoms with Gasteiger partial charge in [0.1, 0.15) is 0 Å². The molecule has 4 heteroatoms. The molecule has 0 aliphatic carbocycles. The fourth-order valence-electron chi connectivity index (χ4n) is 0.797. The summed E-state index contributed by atoms with van der Waals surface area (Å²) in [4.78, 5) is 21.5. The summed E-state index contributed by atoms with van der Waals surface area (Å²) in [6.45, 7) is 5.94. The highest BCUT2D eigenvalue weighted by Gasteiger charge is 2.07. The minimum Gasteiger partial charge on any atom is -0.390 e. The molecule has 0 spiro atoms. The van der Waals surface area contributed by atoms with Crippen LogP contribution in [0.15, 0.2) is 11.6 Å². The van der Waals surface area contributed by atoms with Crippen molar-refractivity contribution in [1.29, 1.82) is 0 Å². The molecule has 80 valence electrons. The molecule has 0 atom stereocenters. The zero-order chi connectivity index (χ0) is 11.0. The first-order chi connectivity index (χ1) is 6.57. The predicted molar refractivity (Wildman–Crippen MR) is 51.6 cm³/mol. The van der Waals surface area contributed by atoms with Crippen LogP contribution in [0.2, 0.25) is 0 Å². The Morgan fingerprint density at radius 1 is 1.29 bits per heavy atom. The third kappa shape index (κ3) is 6.37. The van der Waals surface area contributed by atoms with Crippen molar-refractivity contribution in [3.05, 3.63) is 11.6 Å². The van der Waals surface area contributed by atoms with Crippen LogP contribution < -0.4 is 0 Å². The fourth-order valence-corrected chi connectivity index (χ4v) is 0.797. The van der Waals surface area contributed by atoms with Gasteiger partial charge in [0.05, 0.1) is 6.61 Å². The summed E-state index contributed by atoms with van der Waals surface area (Å²) in [5.74, 6) is -1.18. The van der Waals surface area contributed by atoms with Crippen molar-refractivity contribution in [2.24, 2.45) is 0 Å². The van der Waals surface area contributed by atoms with Crippen molar-refractivity contribution in [2.75, 3.05) is 13.2 Å². The van der Waals surface area contributed by atoms with Crippen molar-refractivity contribution < 1.29 is 19.1 Å². The van der Waals surface area contributed by atoms with Gasteiger partial charge < -0.3 is 9.47 Å². The van der Waals surface area contributed by atoms with Gasteiger partial charge in [0, 0.05) is 19.1 Å². The van der Waals surface area contributed by atoms with E-state index in [1.807, 2.05) is 6.92 Å². The maximum Gasteiger partial charge on any atom is 0.341 e. The van der Waals surface area contributed by atoms with Crippen molar-refractivity contribution in [1.82, 2.24) is 0 Å². The molecule has 0 bridgehead atoms. The fraction of sp³-hybridized carbons (Fsp3) is 0.600. The summed E-state index contributed by atoms with van der Waals surface area (Å²) in [6.07, 6.45) is 2.34. The molecule has 0 aromatic heterocycles. The topological polar surface area (TPSA) is 52.6 Å². The second-order valence-corrected chi connectivity index (χ2v) is 2.75. The summed E-state index contributed by atoms with van der Waals surface area (Å²) in [5.41, 5.74) is 0.430. The molecule has 0 amide bonds. The number of esters is 2. The summed E-state index contributed by atoms with van der Waals surface area (Å²) < 4.78 is 9.46. The minimum atomic E-state index is -0.590. The molecule has 0 radical (unpaired) electrons. The number of hydrogen-bond donors (Lipinski definition) is 0. The third-order valence-corrected chi connectivity index (χ3v) is 1.48. The molecule has 0 heterocycles. The molecule has 0 aliphatic rings. The quantitative estimate of drug-likeness (QED) is 0.292. The van der Waals surface area contributed by atoms with Crippen LogP contribution in [-0.2, 0) is 19.1 Å². The van der Waals surface area contributed by atoms with E-state index in [2.05, 4.69) is 4.74 Å². The maximum absolute atomic E-state index is 11.1. The first kappa shape index (κ1) is 12.8. The summed E-state index contributed by atoms with van der Waals surface area (Å²) >= 11 is 0. The van der Waals surface area contributed by atoms with Crippen molar-refractivity contribution in [3.63, 3.8) is 0 Å². The van der Waals surface area contributed by atoms with Crippen LogP contribution in [-0.4, -0.2) is 25.2 Å². The first-order valence-corrected chi connectivity index (χ1v) is 4.55. The van der Waals surface area contributed by atoms with E-state index in [4.69, 9.17) is 4.74 Å². The minimum absolute atomic E-state index is 0.430. The Hall–Kier alpha value is -1.16. The van der Waals surface area contributed by atoms with Gasteiger partial charge in [-0.3, -0.25) is 4.79 Å². The number of carbonyl (C=O) groups is 2. The van der Waals surface area contributed by atoms with E-state index in [1.54, 1.807) is 13.0 Å². The Bertz CT molecular complexity index is 230. The molecular weight excluding hydrogens is 184 g/mol. The van der Waals surface area contributed by atoms with Crippen LogP contribution in [0.4, 0.5) is 0 Å². The van der Waals surface area contributed by atoms with E-state index in [1.165, 1.54) is 6.92 Å². The van der Waals surface area contributed by atoms with Gasteiger partial charge in [-0.2, -0.15) is 0 Å². The molecule has 0 N–H and O–H groups in total. The SMILES string of the molecule is CCOCCC=C(C)C(=O)OC(C)=O. The first-order valence-electron chi connectivity index (χ1n) is 4.55. The average Bonchev–Trinajstić information content (AvgIpc) is 2.11. The zero-order valence-electron chi connectivity index (χ0n) is 8.83. The largest absolute Gasteiger partial charge is 0.390 e. The number of ether oxygens (including phenoxy) is 2. The van der Waals surface area contributed by atoms with E-state index in [-0.39, 0.29) is 0 Å². The second-order valence-electron chi connectivity index (χ2n) is 2.75. The van der Waals surface area contributed by atoms with Crippen LogP contribution >= 0.6 is 0 Å². The van der Waals surface area contributed by atoms with Crippen LogP contribution in [0, 0.1) is 0 Å². The third-order valence-electron chi connectivity index (χ3n) is 1.48. The van der Waals surface area contributed by atoms with E-state index in [9.17, 15) is 9.59 Å². The lowest BCUT2D eigenvalue weighted by Crippen LogP contribution is -2.10. The lowest BCUT2D eigenvalue weighted by molar-refractivity contribution is -0.155. The van der Waals surface area contributed by atoms with Crippen molar-refractivity contribution in [3.8, 4) is 0 Å². The van der Waals surface area contributed by atoms with Gasteiger partial charge in [0.25, 0.3) is 0 Å². The predicted octanol–water partition coefficient (Wildman–Crippen LogP) is 1.45. The average molecular weight is 200 g/mol. The van der Waals surface area contributed by atoms with E-state index >= 15 is 0 Å². The van der Waals surface area contributed by atoms with E-state index in [0.717, 1.165) is 0 Å². The summed E-state index contributed by atoms with van der Waals surface area (Å²) in [5, 5.41) is 0. The monoisotopic (exact) mass is 200 g/mol. The molecule has 0 fully saturated rings. The normalized spacial score (nSPS) is 11.2. The van der Waals surface area contributed by atoms with Crippen LogP contribution in [0.5, 0.6) is 0 Å². The molecule has 4 nitrogen and oxygen atoms in total. The highest BCUT2D eigenvalue weighted by molar-refractivity contribution is 5.95. The Morgan fingerprint density at radius 3 is 2.43 bits per heavy atom. The lowest BCUT2D eigenvalue weighted by Gasteiger charge is -2.00. The van der Waals surface area contributed by atoms with E-state index < -0.39 is 11.9 Å². The molecule has 0 aromatic carbocycles. The van der Waals surface area contributed by atoms with Gasteiger partial charge in [0.2, 0.25) is 0 Å². The molecule has 0 unspecified atom stereocenters. The molecule has 0 rings (SSSR count). The Labute approximate surface area is 83.9 Å². The molecule has 0 aliphatic heterocycles. The molecular formula is C10H16O4. The van der Waals surface area contributed by atoms with Gasteiger partial charge in [-0.15, -0.1) is 0 Å². The standard InChI is InChI=1S/C10H16O4/c1-4-13-7-5-6-8(2)10(12)14-9(3)11/h6H,4-5,7H2,1-3H3. The summed E-state index contributed by atoms with van der Waals surface area (Å²) in [7, 11) is 0. The molecule has 0 saturated heterocycles. The lowest BCUT2D eigenvalue weighted by atomic mass is 10.2. The van der Waals surface area contributed by atoms with Gasteiger partial charge >= 0.3 is 11.9 Å². The molecule has 14 heavy (non-hydrogen) atoms. The van der Waals surface area contributed by atoms with Crippen molar-refractivity contribution >= 4 is 11.9 Å². The van der Waals surface area contributed by atoms with Crippen LogP contribution in [0.1, 0.15) is 27.2 Å². The number of carbonyl (C=O) groups excluding carboxylic acids is 2. The van der Waals surface area contributed by atoms with Gasteiger partial charge in [-0.05, 0) is 20.3 Å². The zero-order valence-corrected chi connectivity index (χ0v) is 8.83. The highest BCUT2D eigenvalue weighted by atomic mass is 16.6. The smallest absolute Gasteiger partial charge is 0.341 e. The number of hydrogen-bond acceptors (Lipinski definition) is 4. The van der Waals surface area contributed by atoms with Gasteiger partial charge in [-0.1, -0.05) is 6.08 Å². The van der Waals surface area contributed by atoms with Crippen LogP contribution in [0.3, 0.4) is 0 Å². The summed E-state index contributed by atoms with van der Waals surface area (Å²) in [6, 6.07) is 0. The highest BCUT2D eigenvalue weighted by Crippen LogP contribution is 1.99. The van der Waals surface area contributed by atoms with Crippen molar-refractivity contribution in [2.45, 2.75) is 27.2 Å². The van der Waals surface area contributed by atoms with Gasteiger partial charge in [0.15, 0.2) is 0 Å². The number of rotatable bonds is 5. The van der Waals surface area contributed by atoms with E-state index in [0.29, 0.717) is 25.2 Å². The van der Waals surface area contributed by atoms with Crippen LogP contribution in [0.25, 0.3) is 0 Å². The Morgan fingerprint density at radius 2 is 1.93 bits per heavy atom. The maximum atomic E-state index is 11.1. The molecule has 0 saturated carbocycles. The Balaban J connectivity index is 3.85. The van der Waals surface area contributed by atoms with Gasteiger partial charge in [-0.25, -0.2) is 4.79 Å².